The fraction of sp³-hybridized carbons (Fsp3) is 0.867. The number of fused-ring (bicyclic) bond motifs is 1. The molecule has 4 N–H and O–H groups in total. The molecule has 2 saturated carbocycles. The molecule has 6 heteroatoms. The van der Waals surface area contributed by atoms with Crippen molar-refractivity contribution < 1.29 is 30.0 Å². The highest BCUT2D eigenvalue weighted by atomic mass is 16.4. The van der Waals surface area contributed by atoms with Gasteiger partial charge in [-0.1, -0.05) is 13.3 Å². The maximum atomic E-state index is 11.7. The maximum absolute atomic E-state index is 11.7. The Morgan fingerprint density at radius 2 is 1.67 bits per heavy atom. The summed E-state index contributed by atoms with van der Waals surface area (Å²) in [6.45, 7) is 4.71. The van der Waals surface area contributed by atoms with Crippen molar-refractivity contribution in [2.45, 2.75) is 58.2 Å². The Kier molecular flexibility index (Phi) is 3.62. The van der Waals surface area contributed by atoms with Crippen molar-refractivity contribution in [1.29, 1.82) is 0 Å². The minimum Gasteiger partial charge on any atom is -0.481 e. The zero-order valence-electron chi connectivity index (χ0n) is 12.7. The van der Waals surface area contributed by atoms with E-state index in [1.807, 2.05) is 0 Å². The average molecular weight is 300 g/mol. The first-order valence-electron chi connectivity index (χ1n) is 7.34. The molecule has 0 heterocycles. The standard InChI is InChI=1S/C15H24O6/c1-13-5-4-6-14(2,12(19)20)8(13)7-9(16)15(3,21)10(13)11(17)18/h8-10,16,21H,4-7H2,1-3H3,(H,17,18)(H,19,20). The smallest absolute Gasteiger partial charge is 0.310 e. The Labute approximate surface area is 123 Å². The summed E-state index contributed by atoms with van der Waals surface area (Å²) in [5.74, 6) is -3.80. The fourth-order valence-electron chi connectivity index (χ4n) is 4.90. The van der Waals surface area contributed by atoms with Crippen LogP contribution in [0.2, 0.25) is 0 Å². The third kappa shape index (κ3) is 2.07. The topological polar surface area (TPSA) is 115 Å². The van der Waals surface area contributed by atoms with Crippen molar-refractivity contribution in [1.82, 2.24) is 0 Å². The molecule has 21 heavy (non-hydrogen) atoms. The highest BCUT2D eigenvalue weighted by Crippen LogP contribution is 2.62. The molecule has 0 amide bonds. The molecular formula is C15H24O6. The second-order valence-electron chi connectivity index (χ2n) is 7.38. The van der Waals surface area contributed by atoms with Crippen molar-refractivity contribution >= 4 is 11.9 Å². The van der Waals surface area contributed by atoms with Crippen molar-refractivity contribution in [3.05, 3.63) is 0 Å². The van der Waals surface area contributed by atoms with Gasteiger partial charge in [0.05, 0.1) is 17.4 Å². The third-order valence-electron chi connectivity index (χ3n) is 6.09. The number of rotatable bonds is 2. The summed E-state index contributed by atoms with van der Waals surface area (Å²) in [5.41, 5.74) is -3.67. The largest absolute Gasteiger partial charge is 0.481 e. The number of hydrogen-bond acceptors (Lipinski definition) is 4. The third-order valence-corrected chi connectivity index (χ3v) is 6.09. The van der Waals surface area contributed by atoms with E-state index in [1.165, 1.54) is 6.92 Å². The van der Waals surface area contributed by atoms with Crippen LogP contribution in [0.3, 0.4) is 0 Å². The molecule has 2 rings (SSSR count). The van der Waals surface area contributed by atoms with E-state index in [0.717, 1.165) is 0 Å². The van der Waals surface area contributed by atoms with E-state index in [0.29, 0.717) is 19.3 Å². The number of carboxylic acids is 2. The van der Waals surface area contributed by atoms with Crippen LogP contribution in [0.15, 0.2) is 0 Å². The van der Waals surface area contributed by atoms with Gasteiger partial charge in [0.2, 0.25) is 0 Å². The van der Waals surface area contributed by atoms with Crippen molar-refractivity contribution in [3.63, 3.8) is 0 Å². The lowest BCUT2D eigenvalue weighted by atomic mass is 9.44. The minimum atomic E-state index is -1.76. The zero-order valence-corrected chi connectivity index (χ0v) is 12.7. The van der Waals surface area contributed by atoms with E-state index in [2.05, 4.69) is 0 Å². The van der Waals surface area contributed by atoms with Crippen LogP contribution in [-0.2, 0) is 9.59 Å². The normalized spacial score (nSPS) is 50.2. The molecule has 120 valence electrons. The Balaban J connectivity index is 2.57. The summed E-state index contributed by atoms with van der Waals surface area (Å²) in [6, 6.07) is 0. The lowest BCUT2D eigenvalue weighted by Crippen LogP contribution is -2.66. The summed E-state index contributed by atoms with van der Waals surface area (Å²) < 4.78 is 0. The fourth-order valence-corrected chi connectivity index (χ4v) is 4.90. The van der Waals surface area contributed by atoms with Crippen LogP contribution in [0.5, 0.6) is 0 Å². The van der Waals surface area contributed by atoms with E-state index in [9.17, 15) is 30.0 Å². The predicted octanol–water partition coefficient (Wildman–Crippen LogP) is 1.10. The molecule has 0 radical (unpaired) electrons. The molecule has 0 saturated heterocycles. The predicted molar refractivity (Wildman–Crippen MR) is 73.6 cm³/mol. The van der Waals surface area contributed by atoms with Gasteiger partial charge in [-0.15, -0.1) is 0 Å². The maximum Gasteiger partial charge on any atom is 0.310 e. The van der Waals surface area contributed by atoms with Gasteiger partial charge in [0.15, 0.2) is 0 Å². The molecule has 6 unspecified atom stereocenters. The molecule has 0 aliphatic heterocycles. The van der Waals surface area contributed by atoms with Crippen LogP contribution in [-0.4, -0.2) is 44.1 Å². The van der Waals surface area contributed by atoms with Gasteiger partial charge >= 0.3 is 11.9 Å². The van der Waals surface area contributed by atoms with Crippen LogP contribution in [0, 0.1) is 22.7 Å². The molecule has 0 aromatic carbocycles. The van der Waals surface area contributed by atoms with Gasteiger partial charge in [0, 0.05) is 0 Å². The van der Waals surface area contributed by atoms with Gasteiger partial charge in [-0.3, -0.25) is 9.59 Å². The van der Waals surface area contributed by atoms with Crippen LogP contribution in [0.25, 0.3) is 0 Å². The first-order chi connectivity index (χ1) is 9.48. The monoisotopic (exact) mass is 300 g/mol. The molecule has 0 bridgehead atoms. The van der Waals surface area contributed by atoms with Crippen LogP contribution < -0.4 is 0 Å². The first-order valence-corrected chi connectivity index (χ1v) is 7.34. The quantitative estimate of drug-likeness (QED) is 0.607. The van der Waals surface area contributed by atoms with E-state index in [1.54, 1.807) is 13.8 Å². The molecule has 6 atom stereocenters. The summed E-state index contributed by atoms with van der Waals surface area (Å²) in [7, 11) is 0. The molecular weight excluding hydrogens is 276 g/mol. The van der Waals surface area contributed by atoms with Crippen LogP contribution >= 0.6 is 0 Å². The van der Waals surface area contributed by atoms with Crippen molar-refractivity contribution in [2.24, 2.45) is 22.7 Å². The zero-order chi connectivity index (χ0) is 16.2. The first kappa shape index (κ1) is 16.2. The Morgan fingerprint density at radius 3 is 2.14 bits per heavy atom. The van der Waals surface area contributed by atoms with E-state index < -0.39 is 46.3 Å². The lowest BCUT2D eigenvalue weighted by Gasteiger charge is -2.60. The second kappa shape index (κ2) is 4.68. The Morgan fingerprint density at radius 1 is 1.10 bits per heavy atom. The number of carboxylic acid groups (broad SMARTS) is 2. The number of aliphatic hydroxyl groups excluding tert-OH is 1. The second-order valence-corrected chi connectivity index (χ2v) is 7.38. The van der Waals surface area contributed by atoms with Crippen molar-refractivity contribution in [3.8, 4) is 0 Å². The SMILES string of the molecule is CC1(C(=O)O)CCCC2(C)C1CC(O)C(C)(O)C2C(=O)O. The van der Waals surface area contributed by atoms with Crippen LogP contribution in [0.1, 0.15) is 46.5 Å². The van der Waals surface area contributed by atoms with E-state index >= 15 is 0 Å². The average Bonchev–Trinajstić information content (AvgIpc) is 2.31. The molecule has 0 aromatic rings. The minimum absolute atomic E-state index is 0.107. The van der Waals surface area contributed by atoms with E-state index in [4.69, 9.17) is 0 Å². The molecule has 6 nitrogen and oxygen atoms in total. The van der Waals surface area contributed by atoms with Gasteiger partial charge in [-0.25, -0.2) is 0 Å². The summed E-state index contributed by atoms with van der Waals surface area (Å²) in [6.07, 6.45) is 0.472. The molecule has 0 spiro atoms. The number of aliphatic carboxylic acids is 2. The summed E-state index contributed by atoms with van der Waals surface area (Å²) >= 11 is 0. The number of carbonyl (C=O) groups is 2. The summed E-state index contributed by atoms with van der Waals surface area (Å²) in [4.78, 5) is 23.5. The van der Waals surface area contributed by atoms with Gasteiger partial charge in [-0.05, 0) is 44.4 Å². The molecule has 2 fully saturated rings. The van der Waals surface area contributed by atoms with Gasteiger partial charge in [0.25, 0.3) is 0 Å². The summed E-state index contributed by atoms with van der Waals surface area (Å²) in [5, 5.41) is 39.9. The van der Waals surface area contributed by atoms with Crippen molar-refractivity contribution in [2.75, 3.05) is 0 Å². The number of aliphatic hydroxyl groups is 2. The highest BCUT2D eigenvalue weighted by Gasteiger charge is 2.66. The number of hydrogen-bond donors (Lipinski definition) is 4. The molecule has 2 aliphatic carbocycles. The van der Waals surface area contributed by atoms with Gasteiger partial charge in [0.1, 0.15) is 5.60 Å². The van der Waals surface area contributed by atoms with Gasteiger partial charge < -0.3 is 20.4 Å². The lowest BCUT2D eigenvalue weighted by molar-refractivity contribution is -0.230. The Bertz CT molecular complexity index is 473. The van der Waals surface area contributed by atoms with Gasteiger partial charge in [-0.2, -0.15) is 0 Å². The van der Waals surface area contributed by atoms with Crippen LogP contribution in [0.4, 0.5) is 0 Å². The Hall–Kier alpha value is -1.14. The highest BCUT2D eigenvalue weighted by molar-refractivity contribution is 5.77. The van der Waals surface area contributed by atoms with E-state index in [-0.39, 0.29) is 6.42 Å². The molecule has 0 aromatic heterocycles. The molecule has 2 aliphatic rings.